The summed E-state index contributed by atoms with van der Waals surface area (Å²) in [6.45, 7) is 6.64. The Kier molecular flexibility index (Phi) is 8.62. The molecule has 0 aromatic heterocycles. The minimum Gasteiger partial charge on any atom is -0.299 e. The van der Waals surface area contributed by atoms with Crippen molar-refractivity contribution >= 4 is 24.0 Å². The average Bonchev–Trinajstić information content (AvgIpc) is 2.29. The normalized spacial score (nSPS) is 11.5. The highest BCUT2D eigenvalue weighted by Gasteiger charge is 2.18. The van der Waals surface area contributed by atoms with E-state index in [0.29, 0.717) is 0 Å². The van der Waals surface area contributed by atoms with E-state index in [-0.39, 0.29) is 17.9 Å². The number of rotatable bonds is 6. The molecule has 0 aliphatic heterocycles. The van der Waals surface area contributed by atoms with Gasteiger partial charge in [-0.1, -0.05) is 23.7 Å². The molecule has 0 saturated carbocycles. The summed E-state index contributed by atoms with van der Waals surface area (Å²) in [5.41, 5.74) is 4.02. The predicted octanol–water partition coefficient (Wildman–Crippen LogP) is 4.08. The summed E-state index contributed by atoms with van der Waals surface area (Å²) in [7, 11) is 0. The Morgan fingerprint density at radius 3 is 2.26 bits per heavy atom. The number of unbranched alkanes of at least 4 members (excludes halogenated alkanes) is 1. The van der Waals surface area contributed by atoms with E-state index in [2.05, 4.69) is 17.6 Å². The molecule has 0 unspecified atom stereocenters. The van der Waals surface area contributed by atoms with Gasteiger partial charge in [-0.3, -0.25) is 5.21 Å². The molecule has 0 heterocycles. The highest BCUT2D eigenvalue weighted by atomic mass is 35.5. The van der Waals surface area contributed by atoms with Crippen LogP contribution in [0.5, 0.6) is 0 Å². The molecule has 3 nitrogen and oxygen atoms in total. The number of hydroxylamine groups is 1. The number of halogens is 2. The summed E-state index contributed by atoms with van der Waals surface area (Å²) in [4.78, 5) is 0. The molecule has 0 spiro atoms. The molecule has 19 heavy (non-hydrogen) atoms. The molecule has 1 aromatic carbocycles. The zero-order valence-corrected chi connectivity index (χ0v) is 13.4. The van der Waals surface area contributed by atoms with Gasteiger partial charge in [-0.15, -0.1) is 17.6 Å². The van der Waals surface area contributed by atoms with Crippen molar-refractivity contribution in [3.05, 3.63) is 34.9 Å². The van der Waals surface area contributed by atoms with E-state index in [9.17, 15) is 5.21 Å². The van der Waals surface area contributed by atoms with Crippen molar-refractivity contribution in [2.45, 2.75) is 45.6 Å². The van der Waals surface area contributed by atoms with Crippen molar-refractivity contribution < 1.29 is 5.21 Å². The van der Waals surface area contributed by atoms with Crippen LogP contribution >= 0.6 is 24.0 Å². The third-order valence-electron chi connectivity index (χ3n) is 2.70. The van der Waals surface area contributed by atoms with Gasteiger partial charge in [0.15, 0.2) is 0 Å². The van der Waals surface area contributed by atoms with E-state index in [1.165, 1.54) is 10.7 Å². The first-order valence-corrected chi connectivity index (χ1v) is 6.74. The zero-order valence-electron chi connectivity index (χ0n) is 11.8. The van der Waals surface area contributed by atoms with Crippen LogP contribution in [0.25, 0.3) is 0 Å². The molecule has 2 N–H and O–H groups in total. The fourth-order valence-electron chi connectivity index (χ4n) is 1.53. The van der Waals surface area contributed by atoms with Crippen molar-refractivity contribution in [1.82, 2.24) is 10.6 Å². The second-order valence-corrected chi connectivity index (χ2v) is 5.91. The SMILES string of the molecule is CC(C)(C)N(O)NCCCCc1ccc(Cl)cc1.Cl. The molecule has 5 heteroatoms. The van der Waals surface area contributed by atoms with E-state index in [1.807, 2.05) is 32.9 Å². The van der Waals surface area contributed by atoms with Crippen LogP contribution in [-0.2, 0) is 6.42 Å². The first-order chi connectivity index (χ1) is 8.39. The summed E-state index contributed by atoms with van der Waals surface area (Å²) in [6, 6.07) is 7.96. The smallest absolute Gasteiger partial charge is 0.0535 e. The first kappa shape index (κ1) is 18.7. The van der Waals surface area contributed by atoms with Crippen LogP contribution in [0.15, 0.2) is 24.3 Å². The van der Waals surface area contributed by atoms with Gasteiger partial charge in [0, 0.05) is 11.6 Å². The highest BCUT2D eigenvalue weighted by molar-refractivity contribution is 6.30. The highest BCUT2D eigenvalue weighted by Crippen LogP contribution is 2.11. The molecule has 0 aliphatic rings. The molecule has 0 amide bonds. The number of hydrogen-bond acceptors (Lipinski definition) is 3. The maximum Gasteiger partial charge on any atom is 0.0535 e. The topological polar surface area (TPSA) is 35.5 Å². The molecule has 0 atom stereocenters. The molecule has 0 saturated heterocycles. The Morgan fingerprint density at radius 2 is 1.74 bits per heavy atom. The molecule has 110 valence electrons. The molecular weight excluding hydrogens is 283 g/mol. The summed E-state index contributed by atoms with van der Waals surface area (Å²) in [5.74, 6) is 0. The van der Waals surface area contributed by atoms with Crippen LogP contribution in [0.4, 0.5) is 0 Å². The maximum absolute atomic E-state index is 9.64. The lowest BCUT2D eigenvalue weighted by Crippen LogP contribution is -2.48. The number of benzene rings is 1. The second kappa shape index (κ2) is 8.77. The molecule has 0 bridgehead atoms. The fourth-order valence-corrected chi connectivity index (χ4v) is 1.65. The minimum absolute atomic E-state index is 0. The van der Waals surface area contributed by atoms with Gasteiger partial charge in [-0.25, -0.2) is 5.43 Å². The molecular formula is C14H24Cl2N2O. The zero-order chi connectivity index (χ0) is 13.6. The van der Waals surface area contributed by atoms with Gasteiger partial charge in [-0.2, -0.15) is 0 Å². The maximum atomic E-state index is 9.64. The summed E-state index contributed by atoms with van der Waals surface area (Å²) in [5, 5.41) is 11.6. The summed E-state index contributed by atoms with van der Waals surface area (Å²) < 4.78 is 0. The molecule has 0 radical (unpaired) electrons. The molecule has 1 rings (SSSR count). The Morgan fingerprint density at radius 1 is 1.16 bits per heavy atom. The quantitative estimate of drug-likeness (QED) is 0.614. The Labute approximate surface area is 127 Å². The summed E-state index contributed by atoms with van der Waals surface area (Å²) in [6.07, 6.45) is 3.15. The van der Waals surface area contributed by atoms with Gasteiger partial charge >= 0.3 is 0 Å². The largest absolute Gasteiger partial charge is 0.299 e. The first-order valence-electron chi connectivity index (χ1n) is 6.36. The van der Waals surface area contributed by atoms with Crippen molar-refractivity contribution in [2.24, 2.45) is 0 Å². The van der Waals surface area contributed by atoms with E-state index >= 15 is 0 Å². The summed E-state index contributed by atoms with van der Waals surface area (Å²) >= 11 is 5.83. The number of hydrogen-bond donors (Lipinski definition) is 2. The lowest BCUT2D eigenvalue weighted by atomic mass is 10.1. The van der Waals surface area contributed by atoms with Crippen LogP contribution in [0.1, 0.15) is 39.2 Å². The van der Waals surface area contributed by atoms with Gasteiger partial charge in [0.1, 0.15) is 0 Å². The van der Waals surface area contributed by atoms with Gasteiger partial charge in [0.2, 0.25) is 0 Å². The standard InChI is InChI=1S/C14H23ClN2O.ClH/c1-14(2,3)17(18)16-11-5-4-6-12-7-9-13(15)10-8-12;/h7-10,16,18H,4-6,11H2,1-3H3;1H. The monoisotopic (exact) mass is 306 g/mol. The van der Waals surface area contributed by atoms with E-state index < -0.39 is 0 Å². The number of hydrazine groups is 1. The van der Waals surface area contributed by atoms with Gasteiger partial charge in [0.25, 0.3) is 0 Å². The van der Waals surface area contributed by atoms with Crippen molar-refractivity contribution in [3.8, 4) is 0 Å². The Bertz CT molecular complexity index is 349. The third-order valence-corrected chi connectivity index (χ3v) is 2.95. The predicted molar refractivity (Wildman–Crippen MR) is 83.0 cm³/mol. The molecule has 1 aromatic rings. The van der Waals surface area contributed by atoms with Crippen molar-refractivity contribution in [3.63, 3.8) is 0 Å². The van der Waals surface area contributed by atoms with Crippen LogP contribution in [0.2, 0.25) is 5.02 Å². The van der Waals surface area contributed by atoms with E-state index in [4.69, 9.17) is 11.6 Å². The van der Waals surface area contributed by atoms with Crippen molar-refractivity contribution in [2.75, 3.05) is 6.54 Å². The van der Waals surface area contributed by atoms with Crippen LogP contribution < -0.4 is 5.43 Å². The minimum atomic E-state index is -0.268. The van der Waals surface area contributed by atoms with Crippen molar-refractivity contribution in [1.29, 1.82) is 0 Å². The van der Waals surface area contributed by atoms with Gasteiger partial charge < -0.3 is 0 Å². The van der Waals surface area contributed by atoms with E-state index in [1.54, 1.807) is 0 Å². The number of nitrogens with one attached hydrogen (secondary N) is 1. The second-order valence-electron chi connectivity index (χ2n) is 5.47. The van der Waals surface area contributed by atoms with Crippen LogP contribution in [0.3, 0.4) is 0 Å². The molecule has 0 aliphatic carbocycles. The third kappa shape index (κ3) is 7.75. The lowest BCUT2D eigenvalue weighted by Gasteiger charge is -2.29. The molecule has 0 fully saturated rings. The van der Waals surface area contributed by atoms with E-state index in [0.717, 1.165) is 30.8 Å². The fraction of sp³-hybridized carbons (Fsp3) is 0.571. The number of nitrogens with zero attached hydrogens (tertiary/aromatic N) is 1. The average molecular weight is 307 g/mol. The van der Waals surface area contributed by atoms with Crippen LogP contribution in [0, 0.1) is 0 Å². The van der Waals surface area contributed by atoms with Gasteiger partial charge in [-0.05, 0) is 57.7 Å². The lowest BCUT2D eigenvalue weighted by molar-refractivity contribution is -0.197. The Balaban J connectivity index is 0.00000324. The Hall–Kier alpha value is -0.320. The van der Waals surface area contributed by atoms with Gasteiger partial charge in [0.05, 0.1) is 5.54 Å². The number of aryl methyl sites for hydroxylation is 1. The van der Waals surface area contributed by atoms with Crippen LogP contribution in [-0.4, -0.2) is 22.5 Å².